The number of carbonyl (C=O) groups is 1. The molecule has 0 saturated carbocycles. The third-order valence-corrected chi connectivity index (χ3v) is 3.49. The van der Waals surface area contributed by atoms with Gasteiger partial charge in [0.25, 0.3) is 0 Å². The van der Waals surface area contributed by atoms with Crippen molar-refractivity contribution in [3.8, 4) is 0 Å². The Kier molecular flexibility index (Phi) is 3.60. The Bertz CT molecular complexity index is 669. The van der Waals surface area contributed by atoms with E-state index in [4.69, 9.17) is 4.52 Å². The number of para-hydroxylation sites is 1. The highest BCUT2D eigenvalue weighted by Gasteiger charge is 2.22. The molecule has 0 radical (unpaired) electrons. The maximum absolute atomic E-state index is 14.0. The Morgan fingerprint density at radius 1 is 1.52 bits per heavy atom. The summed E-state index contributed by atoms with van der Waals surface area (Å²) < 4.78 is 18.9. The molecule has 1 aromatic heterocycles. The topological polar surface area (TPSA) is 58.4 Å². The summed E-state index contributed by atoms with van der Waals surface area (Å²) >= 11 is 0. The first-order valence-corrected chi connectivity index (χ1v) is 6.89. The number of fused-ring (bicyclic) bond motifs is 1. The van der Waals surface area contributed by atoms with Gasteiger partial charge in [0.05, 0.1) is 12.2 Å². The lowest BCUT2D eigenvalue weighted by Gasteiger charge is -2.30. The van der Waals surface area contributed by atoms with Crippen molar-refractivity contribution in [3.05, 3.63) is 41.4 Å². The number of aromatic nitrogens is 1. The molecule has 0 aliphatic carbocycles. The number of aryl methyl sites for hydroxylation is 2. The number of hydrogen-bond acceptors (Lipinski definition) is 4. The quantitative estimate of drug-likeness (QED) is 0.943. The number of hydrogen-bond donors (Lipinski definition) is 1. The van der Waals surface area contributed by atoms with Crippen LogP contribution in [0.4, 0.5) is 15.9 Å². The number of benzene rings is 1. The summed E-state index contributed by atoms with van der Waals surface area (Å²) in [7, 11) is 0. The summed E-state index contributed by atoms with van der Waals surface area (Å²) in [5.74, 6) is 0.486. The van der Waals surface area contributed by atoms with Gasteiger partial charge in [-0.2, -0.15) is 0 Å². The lowest BCUT2D eigenvalue weighted by Crippen LogP contribution is -2.37. The second kappa shape index (κ2) is 5.55. The van der Waals surface area contributed by atoms with E-state index in [1.165, 1.54) is 6.07 Å². The van der Waals surface area contributed by atoms with Gasteiger partial charge >= 0.3 is 0 Å². The predicted octanol–water partition coefficient (Wildman–Crippen LogP) is 2.51. The molecule has 1 N–H and O–H groups in total. The molecule has 2 aromatic rings. The molecule has 1 amide bonds. The van der Waals surface area contributed by atoms with Crippen molar-refractivity contribution >= 4 is 17.4 Å². The molecule has 0 saturated heterocycles. The minimum Gasteiger partial charge on any atom is -0.360 e. The highest BCUT2D eigenvalue weighted by Crippen LogP contribution is 2.29. The molecule has 0 fully saturated rings. The van der Waals surface area contributed by atoms with E-state index in [9.17, 15) is 9.18 Å². The van der Waals surface area contributed by atoms with E-state index in [0.717, 1.165) is 18.4 Å². The van der Waals surface area contributed by atoms with Crippen molar-refractivity contribution in [2.45, 2.75) is 19.8 Å². The molecule has 3 rings (SSSR count). The zero-order valence-electron chi connectivity index (χ0n) is 11.7. The predicted molar refractivity (Wildman–Crippen MR) is 76.8 cm³/mol. The first-order chi connectivity index (χ1) is 10.1. The molecule has 5 nitrogen and oxygen atoms in total. The number of anilines is 2. The molecule has 1 aromatic carbocycles. The second-order valence-electron chi connectivity index (χ2n) is 5.14. The number of nitrogens with zero attached hydrogens (tertiary/aromatic N) is 2. The van der Waals surface area contributed by atoms with Gasteiger partial charge in [-0.3, -0.25) is 4.79 Å². The van der Waals surface area contributed by atoms with Crippen LogP contribution in [-0.4, -0.2) is 24.2 Å². The third kappa shape index (κ3) is 2.89. The average molecular weight is 289 g/mol. The number of carbonyl (C=O) groups excluding carboxylic acids is 1. The monoisotopic (exact) mass is 289 g/mol. The fourth-order valence-corrected chi connectivity index (χ4v) is 2.63. The van der Waals surface area contributed by atoms with Gasteiger partial charge in [-0.05, 0) is 31.4 Å². The van der Waals surface area contributed by atoms with Gasteiger partial charge in [0, 0.05) is 12.6 Å². The highest BCUT2D eigenvalue weighted by atomic mass is 19.1. The first-order valence-electron chi connectivity index (χ1n) is 6.89. The SMILES string of the molecule is Cc1cc(NC(=O)CN2CCCc3cccc(F)c32)no1. The van der Waals surface area contributed by atoms with Gasteiger partial charge in [0.2, 0.25) is 5.91 Å². The number of rotatable bonds is 3. The minimum atomic E-state index is -0.280. The van der Waals surface area contributed by atoms with Gasteiger partial charge in [0.15, 0.2) is 5.82 Å². The van der Waals surface area contributed by atoms with E-state index >= 15 is 0 Å². The van der Waals surface area contributed by atoms with Gasteiger partial charge in [-0.25, -0.2) is 4.39 Å². The second-order valence-corrected chi connectivity index (χ2v) is 5.14. The van der Waals surface area contributed by atoms with Gasteiger partial charge < -0.3 is 14.7 Å². The maximum atomic E-state index is 14.0. The molecule has 0 unspecified atom stereocenters. The fourth-order valence-electron chi connectivity index (χ4n) is 2.63. The van der Waals surface area contributed by atoms with Crippen LogP contribution < -0.4 is 10.2 Å². The molecule has 1 aliphatic heterocycles. The summed E-state index contributed by atoms with van der Waals surface area (Å²) in [4.78, 5) is 13.8. The van der Waals surface area contributed by atoms with Crippen molar-refractivity contribution in [1.29, 1.82) is 0 Å². The van der Waals surface area contributed by atoms with Crippen LogP contribution in [0.1, 0.15) is 17.7 Å². The van der Waals surface area contributed by atoms with Crippen LogP contribution in [-0.2, 0) is 11.2 Å². The Morgan fingerprint density at radius 2 is 2.38 bits per heavy atom. The average Bonchev–Trinajstić information content (AvgIpc) is 2.84. The van der Waals surface area contributed by atoms with E-state index in [1.807, 2.05) is 6.07 Å². The summed E-state index contributed by atoms with van der Waals surface area (Å²) in [6, 6.07) is 6.68. The minimum absolute atomic E-state index is 0.0971. The molecular weight excluding hydrogens is 273 g/mol. The Balaban J connectivity index is 1.73. The summed E-state index contributed by atoms with van der Waals surface area (Å²) in [6.07, 6.45) is 1.75. The number of amides is 1. The molecule has 0 atom stereocenters. The highest BCUT2D eigenvalue weighted by molar-refractivity contribution is 5.93. The van der Waals surface area contributed by atoms with Crippen LogP contribution in [0.5, 0.6) is 0 Å². The largest absolute Gasteiger partial charge is 0.360 e. The summed E-state index contributed by atoms with van der Waals surface area (Å²) in [5, 5.41) is 6.36. The fraction of sp³-hybridized carbons (Fsp3) is 0.333. The first kappa shape index (κ1) is 13.6. The normalized spacial score (nSPS) is 13.9. The summed E-state index contributed by atoms with van der Waals surface area (Å²) in [6.45, 7) is 2.51. The van der Waals surface area contributed by atoms with E-state index in [0.29, 0.717) is 23.8 Å². The van der Waals surface area contributed by atoms with Crippen molar-refractivity contribution in [2.75, 3.05) is 23.3 Å². The molecule has 1 aliphatic rings. The van der Waals surface area contributed by atoms with Gasteiger partial charge in [-0.15, -0.1) is 0 Å². The van der Waals surface area contributed by atoms with Crippen LogP contribution in [0.3, 0.4) is 0 Å². The maximum Gasteiger partial charge on any atom is 0.245 e. The van der Waals surface area contributed by atoms with E-state index < -0.39 is 0 Å². The lowest BCUT2D eigenvalue weighted by atomic mass is 10.0. The molecule has 21 heavy (non-hydrogen) atoms. The zero-order chi connectivity index (χ0) is 14.8. The third-order valence-electron chi connectivity index (χ3n) is 3.49. The van der Waals surface area contributed by atoms with Crippen LogP contribution in [0, 0.1) is 12.7 Å². The molecule has 6 heteroatoms. The molecule has 110 valence electrons. The summed E-state index contributed by atoms with van der Waals surface area (Å²) in [5.41, 5.74) is 1.49. The van der Waals surface area contributed by atoms with Crippen LogP contribution in [0.2, 0.25) is 0 Å². The molecule has 2 heterocycles. The van der Waals surface area contributed by atoms with E-state index in [1.54, 1.807) is 24.0 Å². The van der Waals surface area contributed by atoms with E-state index in [-0.39, 0.29) is 18.3 Å². The van der Waals surface area contributed by atoms with Gasteiger partial charge in [0.1, 0.15) is 11.6 Å². The van der Waals surface area contributed by atoms with Crippen molar-refractivity contribution in [2.24, 2.45) is 0 Å². The Labute approximate surface area is 121 Å². The molecular formula is C15H16FN3O2. The standard InChI is InChI=1S/C15H16FN3O2/c1-10-8-13(18-21-10)17-14(20)9-19-7-3-5-11-4-2-6-12(16)15(11)19/h2,4,6,8H,3,5,7,9H2,1H3,(H,17,18,20). The van der Waals surface area contributed by atoms with Crippen molar-refractivity contribution in [1.82, 2.24) is 5.16 Å². The van der Waals surface area contributed by atoms with Crippen LogP contribution >= 0.6 is 0 Å². The van der Waals surface area contributed by atoms with E-state index in [2.05, 4.69) is 10.5 Å². The van der Waals surface area contributed by atoms with Crippen molar-refractivity contribution < 1.29 is 13.7 Å². The Hall–Kier alpha value is -2.37. The van der Waals surface area contributed by atoms with Gasteiger partial charge in [-0.1, -0.05) is 17.3 Å². The van der Waals surface area contributed by atoms with Crippen molar-refractivity contribution in [3.63, 3.8) is 0 Å². The number of nitrogens with one attached hydrogen (secondary N) is 1. The zero-order valence-corrected chi connectivity index (χ0v) is 11.7. The smallest absolute Gasteiger partial charge is 0.245 e. The number of halogens is 1. The van der Waals surface area contributed by atoms with Crippen LogP contribution in [0.25, 0.3) is 0 Å². The lowest BCUT2D eigenvalue weighted by molar-refractivity contribution is -0.115. The molecule has 0 spiro atoms. The van der Waals surface area contributed by atoms with Crippen LogP contribution in [0.15, 0.2) is 28.8 Å². The molecule has 0 bridgehead atoms. The Morgan fingerprint density at radius 3 is 3.14 bits per heavy atom.